The second-order valence-corrected chi connectivity index (χ2v) is 19.2. The maximum absolute atomic E-state index is 12.8. The van der Waals surface area contributed by atoms with Gasteiger partial charge in [0.2, 0.25) is 0 Å². The normalized spacial score (nSPS) is 12.3. The standard InChI is InChI=1S/C60H108O6/c1-4-7-10-13-16-19-22-25-27-29-31-32-35-38-41-44-47-50-53-59(62)65-56-57(55-64-58(61)52-49-46-43-40-37-34-24-21-18-15-12-9-6-3)66-60(63)54-51-48-45-42-39-36-33-30-28-26-23-20-17-14-11-8-5-2/h17,20,26,28,34,37,43,46,57H,4-16,18-19,21-25,27,29-33,35-36,38-42,44-45,47-56H2,1-3H3/b20-17+,28-26+,37-34+,46-43+. The first-order valence-electron chi connectivity index (χ1n) is 28.6. The maximum Gasteiger partial charge on any atom is 0.306 e. The summed E-state index contributed by atoms with van der Waals surface area (Å²) < 4.78 is 16.8. The molecule has 0 aliphatic heterocycles. The maximum atomic E-state index is 12.8. The number of carbonyl (C=O) groups is 3. The first-order chi connectivity index (χ1) is 32.5. The van der Waals surface area contributed by atoms with Crippen LogP contribution in [-0.4, -0.2) is 37.2 Å². The predicted molar refractivity (Wildman–Crippen MR) is 284 cm³/mol. The zero-order valence-corrected chi connectivity index (χ0v) is 44.0. The van der Waals surface area contributed by atoms with Crippen molar-refractivity contribution in [1.29, 1.82) is 0 Å². The second-order valence-electron chi connectivity index (χ2n) is 19.2. The minimum atomic E-state index is -0.797. The van der Waals surface area contributed by atoms with Crippen molar-refractivity contribution in [3.05, 3.63) is 48.6 Å². The Morgan fingerprint density at radius 3 is 0.955 bits per heavy atom. The van der Waals surface area contributed by atoms with E-state index < -0.39 is 6.10 Å². The molecule has 0 spiro atoms. The molecular weight excluding hydrogens is 817 g/mol. The summed E-state index contributed by atoms with van der Waals surface area (Å²) in [7, 11) is 0. The summed E-state index contributed by atoms with van der Waals surface area (Å²) in [6.07, 6.45) is 66.8. The van der Waals surface area contributed by atoms with E-state index in [4.69, 9.17) is 14.2 Å². The molecule has 1 unspecified atom stereocenters. The summed E-state index contributed by atoms with van der Waals surface area (Å²) in [5, 5.41) is 0. The average Bonchev–Trinajstić information content (AvgIpc) is 3.31. The number of carbonyl (C=O) groups excluding carboxylic acids is 3. The van der Waals surface area contributed by atoms with Crippen LogP contribution in [0.4, 0.5) is 0 Å². The van der Waals surface area contributed by atoms with Crippen LogP contribution < -0.4 is 0 Å². The van der Waals surface area contributed by atoms with Crippen molar-refractivity contribution in [3.8, 4) is 0 Å². The summed E-state index contributed by atoms with van der Waals surface area (Å²) in [4.78, 5) is 38.1. The highest BCUT2D eigenvalue weighted by molar-refractivity contribution is 5.71. The molecular formula is C60H108O6. The van der Waals surface area contributed by atoms with Gasteiger partial charge in [0.15, 0.2) is 6.10 Å². The summed E-state index contributed by atoms with van der Waals surface area (Å²) in [6, 6.07) is 0. The molecule has 0 aromatic carbocycles. The van der Waals surface area contributed by atoms with E-state index in [9.17, 15) is 14.4 Å². The fraction of sp³-hybridized carbons (Fsp3) is 0.817. The molecule has 0 saturated carbocycles. The number of hydrogen-bond acceptors (Lipinski definition) is 6. The molecule has 384 valence electrons. The van der Waals surface area contributed by atoms with Gasteiger partial charge in [-0.2, -0.15) is 0 Å². The zero-order chi connectivity index (χ0) is 47.9. The number of ether oxygens (including phenoxy) is 3. The Balaban J connectivity index is 4.39. The summed E-state index contributed by atoms with van der Waals surface area (Å²) in [6.45, 7) is 6.58. The van der Waals surface area contributed by atoms with Crippen LogP contribution in [0.2, 0.25) is 0 Å². The molecule has 0 aromatic heterocycles. The van der Waals surface area contributed by atoms with Crippen LogP contribution >= 0.6 is 0 Å². The first kappa shape index (κ1) is 63.4. The van der Waals surface area contributed by atoms with Gasteiger partial charge in [-0.1, -0.05) is 256 Å². The number of rotatable bonds is 52. The second kappa shape index (κ2) is 55.0. The Kier molecular flexibility index (Phi) is 52.8. The number of esters is 3. The van der Waals surface area contributed by atoms with Crippen molar-refractivity contribution in [2.45, 2.75) is 303 Å². The van der Waals surface area contributed by atoms with Gasteiger partial charge in [0.1, 0.15) is 13.2 Å². The van der Waals surface area contributed by atoms with Crippen LogP contribution in [-0.2, 0) is 28.6 Å². The third-order valence-corrected chi connectivity index (χ3v) is 12.6. The van der Waals surface area contributed by atoms with E-state index in [0.29, 0.717) is 19.3 Å². The van der Waals surface area contributed by atoms with E-state index in [-0.39, 0.29) is 37.5 Å². The Labute approximate surface area is 409 Å². The van der Waals surface area contributed by atoms with Crippen LogP contribution in [0.3, 0.4) is 0 Å². The molecule has 66 heavy (non-hydrogen) atoms. The van der Waals surface area contributed by atoms with Crippen LogP contribution in [0.1, 0.15) is 297 Å². The lowest BCUT2D eigenvalue weighted by atomic mass is 10.0. The Hall–Kier alpha value is -2.63. The molecule has 1 atom stereocenters. The van der Waals surface area contributed by atoms with Gasteiger partial charge >= 0.3 is 17.9 Å². The van der Waals surface area contributed by atoms with Crippen LogP contribution in [0, 0.1) is 0 Å². The van der Waals surface area contributed by atoms with Crippen LogP contribution in [0.25, 0.3) is 0 Å². The van der Waals surface area contributed by atoms with Crippen LogP contribution in [0.15, 0.2) is 48.6 Å². The van der Waals surface area contributed by atoms with E-state index in [1.165, 1.54) is 186 Å². The largest absolute Gasteiger partial charge is 0.462 e. The minimum Gasteiger partial charge on any atom is -0.462 e. The highest BCUT2D eigenvalue weighted by Crippen LogP contribution is 2.16. The Morgan fingerprint density at radius 2 is 0.576 bits per heavy atom. The Bertz CT molecular complexity index is 1150. The highest BCUT2D eigenvalue weighted by Gasteiger charge is 2.19. The minimum absolute atomic E-state index is 0.0905. The van der Waals surface area contributed by atoms with E-state index in [1.54, 1.807) is 0 Å². The molecule has 0 aliphatic rings. The van der Waals surface area contributed by atoms with E-state index >= 15 is 0 Å². The molecule has 0 fully saturated rings. The van der Waals surface area contributed by atoms with Gasteiger partial charge in [-0.15, -0.1) is 0 Å². The number of allylic oxidation sites excluding steroid dienone is 8. The van der Waals surface area contributed by atoms with Gasteiger partial charge in [-0.25, -0.2) is 0 Å². The molecule has 0 aliphatic carbocycles. The monoisotopic (exact) mass is 925 g/mol. The van der Waals surface area contributed by atoms with Gasteiger partial charge in [0.05, 0.1) is 0 Å². The Morgan fingerprint density at radius 1 is 0.303 bits per heavy atom. The highest BCUT2D eigenvalue weighted by atomic mass is 16.6. The average molecular weight is 926 g/mol. The zero-order valence-electron chi connectivity index (χ0n) is 44.0. The molecule has 0 saturated heterocycles. The van der Waals surface area contributed by atoms with E-state index in [0.717, 1.165) is 64.2 Å². The van der Waals surface area contributed by atoms with Crippen molar-refractivity contribution < 1.29 is 28.6 Å². The summed E-state index contributed by atoms with van der Waals surface area (Å²) in [5.74, 6) is -0.956. The fourth-order valence-electron chi connectivity index (χ4n) is 8.23. The summed E-state index contributed by atoms with van der Waals surface area (Å²) >= 11 is 0. The van der Waals surface area contributed by atoms with Gasteiger partial charge in [0, 0.05) is 19.3 Å². The van der Waals surface area contributed by atoms with Crippen molar-refractivity contribution in [1.82, 2.24) is 0 Å². The van der Waals surface area contributed by atoms with Crippen LogP contribution in [0.5, 0.6) is 0 Å². The third-order valence-electron chi connectivity index (χ3n) is 12.6. The molecule has 0 amide bonds. The third kappa shape index (κ3) is 52.3. The van der Waals surface area contributed by atoms with Crippen molar-refractivity contribution in [2.24, 2.45) is 0 Å². The fourth-order valence-corrected chi connectivity index (χ4v) is 8.23. The molecule has 0 bridgehead atoms. The van der Waals surface area contributed by atoms with Gasteiger partial charge in [0.25, 0.3) is 0 Å². The van der Waals surface area contributed by atoms with Gasteiger partial charge in [-0.05, 0) is 70.6 Å². The molecule has 0 N–H and O–H groups in total. The number of hydrogen-bond donors (Lipinski definition) is 0. The first-order valence-corrected chi connectivity index (χ1v) is 28.6. The van der Waals surface area contributed by atoms with Crippen molar-refractivity contribution in [3.63, 3.8) is 0 Å². The SMILES string of the molecule is CCCCC/C=C/C/C=C/CCCCCCCCCC(=O)OC(COC(=O)CC/C=C/C/C=C/CCCCCCCC)COC(=O)CCCCCCCCCCCCCCCCCCCC. The van der Waals surface area contributed by atoms with Gasteiger partial charge < -0.3 is 14.2 Å². The number of unbranched alkanes of at least 4 members (excludes halogenated alkanes) is 33. The quantitative estimate of drug-likeness (QED) is 0.0262. The van der Waals surface area contributed by atoms with Crippen molar-refractivity contribution >= 4 is 17.9 Å². The smallest absolute Gasteiger partial charge is 0.306 e. The molecule has 6 nitrogen and oxygen atoms in total. The molecule has 6 heteroatoms. The van der Waals surface area contributed by atoms with Gasteiger partial charge in [-0.3, -0.25) is 14.4 Å². The molecule has 0 aromatic rings. The predicted octanol–water partition coefficient (Wildman–Crippen LogP) is 19.0. The molecule has 0 heterocycles. The lowest BCUT2D eigenvalue weighted by Crippen LogP contribution is -2.30. The molecule has 0 rings (SSSR count). The lowest BCUT2D eigenvalue weighted by molar-refractivity contribution is -0.166. The van der Waals surface area contributed by atoms with E-state index in [2.05, 4.69) is 63.3 Å². The topological polar surface area (TPSA) is 78.9 Å². The van der Waals surface area contributed by atoms with Crippen molar-refractivity contribution in [2.75, 3.05) is 13.2 Å². The lowest BCUT2D eigenvalue weighted by Gasteiger charge is -2.18. The van der Waals surface area contributed by atoms with E-state index in [1.807, 2.05) is 6.08 Å². The summed E-state index contributed by atoms with van der Waals surface area (Å²) in [5.41, 5.74) is 0. The molecule has 0 radical (unpaired) electrons.